The molecule has 0 saturated heterocycles. The summed E-state index contributed by atoms with van der Waals surface area (Å²) < 4.78 is 44.0. The number of carbonyl (C=O) groups excluding carboxylic acids is 1. The lowest BCUT2D eigenvalue weighted by Gasteiger charge is -2.06. The van der Waals surface area contributed by atoms with Crippen LogP contribution in [0.3, 0.4) is 0 Å². The lowest BCUT2D eigenvalue weighted by Crippen LogP contribution is -2.19. The summed E-state index contributed by atoms with van der Waals surface area (Å²) >= 11 is 1.35. The molecule has 3 rings (SSSR count). The Bertz CT molecular complexity index is 1060. The number of sulfonamides is 1. The fourth-order valence-corrected chi connectivity index (χ4v) is 3.82. The zero-order valence-electron chi connectivity index (χ0n) is 14.2. The molecule has 1 N–H and O–H groups in total. The third kappa shape index (κ3) is 4.57. The zero-order valence-corrected chi connectivity index (χ0v) is 15.8. The molecule has 140 valence electrons. The predicted molar refractivity (Wildman–Crippen MR) is 99.3 cm³/mol. The Balaban J connectivity index is 1.68. The molecule has 0 atom stereocenters. The van der Waals surface area contributed by atoms with Crippen LogP contribution in [0.4, 0.5) is 4.39 Å². The van der Waals surface area contributed by atoms with Gasteiger partial charge in [-0.25, -0.2) is 27.3 Å². The highest BCUT2D eigenvalue weighted by Gasteiger charge is 2.15. The number of thiazole rings is 1. The molecule has 0 spiro atoms. The van der Waals surface area contributed by atoms with Gasteiger partial charge in [0.25, 0.3) is 0 Å². The molecule has 1 heterocycles. The third-order valence-corrected chi connectivity index (χ3v) is 6.00. The van der Waals surface area contributed by atoms with Crippen molar-refractivity contribution in [3.05, 3.63) is 71.0 Å². The van der Waals surface area contributed by atoms with E-state index in [2.05, 4.69) is 9.71 Å². The van der Waals surface area contributed by atoms with Crippen molar-refractivity contribution in [1.82, 2.24) is 9.71 Å². The third-order valence-electron chi connectivity index (χ3n) is 3.64. The van der Waals surface area contributed by atoms with Gasteiger partial charge in [0.05, 0.1) is 16.2 Å². The zero-order chi connectivity index (χ0) is 19.4. The van der Waals surface area contributed by atoms with Crippen molar-refractivity contribution in [2.24, 2.45) is 0 Å². The van der Waals surface area contributed by atoms with Gasteiger partial charge in [0.1, 0.15) is 17.4 Å². The second kappa shape index (κ2) is 7.95. The van der Waals surface area contributed by atoms with E-state index in [0.29, 0.717) is 10.7 Å². The monoisotopic (exact) mass is 406 g/mol. The van der Waals surface area contributed by atoms with Crippen LogP contribution >= 0.6 is 11.3 Å². The second-order valence-corrected chi connectivity index (χ2v) is 8.21. The number of ether oxygens (including phenoxy) is 1. The molecule has 0 aliphatic carbocycles. The molecule has 9 heteroatoms. The minimum atomic E-state index is -3.65. The summed E-state index contributed by atoms with van der Waals surface area (Å²) in [5, 5.41) is 2.43. The first-order valence-corrected chi connectivity index (χ1v) is 10.2. The number of nitrogens with one attached hydrogen (secondary N) is 1. The van der Waals surface area contributed by atoms with Crippen LogP contribution in [0.15, 0.2) is 58.8 Å². The molecular weight excluding hydrogens is 391 g/mol. The van der Waals surface area contributed by atoms with Gasteiger partial charge in [-0.15, -0.1) is 11.3 Å². The summed E-state index contributed by atoms with van der Waals surface area (Å²) in [6.45, 7) is -0.0560. The second-order valence-electron chi connectivity index (χ2n) is 5.46. The van der Waals surface area contributed by atoms with Crippen molar-refractivity contribution in [3.8, 4) is 10.6 Å². The highest BCUT2D eigenvalue weighted by atomic mass is 32.2. The van der Waals surface area contributed by atoms with Gasteiger partial charge in [0.2, 0.25) is 10.0 Å². The molecule has 6 nitrogen and oxygen atoms in total. The van der Waals surface area contributed by atoms with Crippen molar-refractivity contribution >= 4 is 27.3 Å². The van der Waals surface area contributed by atoms with Crippen LogP contribution in [0, 0.1) is 5.82 Å². The van der Waals surface area contributed by atoms with Gasteiger partial charge in [-0.05, 0) is 49.5 Å². The highest BCUT2D eigenvalue weighted by molar-refractivity contribution is 7.89. The molecule has 2 aromatic carbocycles. The Hall–Kier alpha value is -2.62. The summed E-state index contributed by atoms with van der Waals surface area (Å²) in [5.41, 5.74) is 1.44. The van der Waals surface area contributed by atoms with E-state index < -0.39 is 16.0 Å². The Morgan fingerprint density at radius 3 is 2.67 bits per heavy atom. The van der Waals surface area contributed by atoms with Crippen molar-refractivity contribution in [1.29, 1.82) is 0 Å². The van der Waals surface area contributed by atoms with E-state index in [1.807, 2.05) is 0 Å². The summed E-state index contributed by atoms with van der Waals surface area (Å²) in [6, 6.07) is 11.5. The lowest BCUT2D eigenvalue weighted by atomic mass is 10.2. The van der Waals surface area contributed by atoms with E-state index >= 15 is 0 Å². The standard InChI is InChI=1S/C18H15FN2O4S2/c1-20-27(23,24)16-4-2-3-13(9-16)18(22)25-10-15-11-26-17(21-15)12-5-7-14(19)8-6-12/h2-9,11,20H,10H2,1H3. The van der Waals surface area contributed by atoms with Gasteiger partial charge in [-0.1, -0.05) is 6.07 Å². The maximum atomic E-state index is 13.0. The van der Waals surface area contributed by atoms with Crippen molar-refractivity contribution < 1.29 is 22.3 Å². The van der Waals surface area contributed by atoms with Crippen LogP contribution in [-0.4, -0.2) is 26.4 Å². The molecule has 1 aromatic heterocycles. The van der Waals surface area contributed by atoms with Crippen LogP contribution in [0.25, 0.3) is 10.6 Å². The van der Waals surface area contributed by atoms with Crippen LogP contribution in [-0.2, 0) is 21.4 Å². The quantitative estimate of drug-likeness (QED) is 0.636. The van der Waals surface area contributed by atoms with Crippen LogP contribution in [0.5, 0.6) is 0 Å². The van der Waals surface area contributed by atoms with E-state index in [-0.39, 0.29) is 22.9 Å². The van der Waals surface area contributed by atoms with Crippen LogP contribution in [0.1, 0.15) is 16.1 Å². The van der Waals surface area contributed by atoms with E-state index in [9.17, 15) is 17.6 Å². The average Bonchev–Trinajstić information content (AvgIpc) is 3.16. The van der Waals surface area contributed by atoms with E-state index in [1.165, 1.54) is 54.8 Å². The number of halogens is 1. The Labute approximate surface area is 159 Å². The Kier molecular flexibility index (Phi) is 5.64. The smallest absolute Gasteiger partial charge is 0.338 e. The van der Waals surface area contributed by atoms with Gasteiger partial charge >= 0.3 is 5.97 Å². The first-order valence-electron chi connectivity index (χ1n) is 7.80. The molecular formula is C18H15FN2O4S2. The molecule has 27 heavy (non-hydrogen) atoms. The Morgan fingerprint density at radius 2 is 1.96 bits per heavy atom. The molecule has 0 aliphatic heterocycles. The fraction of sp³-hybridized carbons (Fsp3) is 0.111. The maximum absolute atomic E-state index is 13.0. The number of rotatable bonds is 6. The van der Waals surface area contributed by atoms with E-state index in [1.54, 1.807) is 17.5 Å². The lowest BCUT2D eigenvalue weighted by molar-refractivity contribution is 0.0468. The molecule has 0 fully saturated rings. The number of hydrogen-bond acceptors (Lipinski definition) is 6. The van der Waals surface area contributed by atoms with Crippen molar-refractivity contribution in [2.75, 3.05) is 7.05 Å². The SMILES string of the molecule is CNS(=O)(=O)c1cccc(C(=O)OCc2csc(-c3ccc(F)cc3)n2)c1. The molecule has 3 aromatic rings. The summed E-state index contributed by atoms with van der Waals surface area (Å²) in [6.07, 6.45) is 0. The summed E-state index contributed by atoms with van der Waals surface area (Å²) in [5.74, 6) is -0.980. The van der Waals surface area contributed by atoms with E-state index in [4.69, 9.17) is 4.74 Å². The minimum absolute atomic E-state index is 0.0216. The first-order chi connectivity index (χ1) is 12.9. The molecule has 0 radical (unpaired) electrons. The minimum Gasteiger partial charge on any atom is -0.456 e. The van der Waals surface area contributed by atoms with Gasteiger partial charge in [0.15, 0.2) is 0 Å². The molecule has 0 aliphatic rings. The maximum Gasteiger partial charge on any atom is 0.338 e. The average molecular weight is 406 g/mol. The van der Waals surface area contributed by atoms with Crippen LogP contribution in [0.2, 0.25) is 0 Å². The number of esters is 1. The largest absolute Gasteiger partial charge is 0.456 e. The van der Waals surface area contributed by atoms with Crippen molar-refractivity contribution in [2.45, 2.75) is 11.5 Å². The predicted octanol–water partition coefficient (Wildman–Crippen LogP) is 3.21. The van der Waals surface area contributed by atoms with E-state index in [0.717, 1.165) is 5.56 Å². The first kappa shape index (κ1) is 19.2. The number of benzene rings is 2. The fourth-order valence-electron chi connectivity index (χ4n) is 2.23. The Morgan fingerprint density at radius 1 is 1.22 bits per heavy atom. The number of aromatic nitrogens is 1. The number of carbonyl (C=O) groups is 1. The van der Waals surface area contributed by atoms with Crippen LogP contribution < -0.4 is 4.72 Å². The topological polar surface area (TPSA) is 85.4 Å². The molecule has 0 bridgehead atoms. The molecule has 0 saturated carbocycles. The number of hydrogen-bond donors (Lipinski definition) is 1. The molecule has 0 amide bonds. The van der Waals surface area contributed by atoms with Crippen molar-refractivity contribution in [3.63, 3.8) is 0 Å². The highest BCUT2D eigenvalue weighted by Crippen LogP contribution is 2.24. The number of nitrogens with zero attached hydrogens (tertiary/aromatic N) is 1. The van der Waals surface area contributed by atoms with Gasteiger partial charge in [-0.2, -0.15) is 0 Å². The van der Waals surface area contributed by atoms with Gasteiger partial charge < -0.3 is 4.74 Å². The van der Waals surface area contributed by atoms with Gasteiger partial charge in [-0.3, -0.25) is 0 Å². The van der Waals surface area contributed by atoms with Gasteiger partial charge in [0, 0.05) is 10.9 Å². The summed E-state index contributed by atoms with van der Waals surface area (Å²) in [4.78, 5) is 16.5. The molecule has 0 unspecified atom stereocenters. The summed E-state index contributed by atoms with van der Waals surface area (Å²) in [7, 11) is -2.35. The normalized spacial score (nSPS) is 11.3.